The number of hydrogen-bond acceptors (Lipinski definition) is 20. The smallest absolute Gasteiger partial charge is 0.506 e. The van der Waals surface area contributed by atoms with Gasteiger partial charge in [-0.3, -0.25) is 58.9 Å². The van der Waals surface area contributed by atoms with Crippen molar-refractivity contribution in [3.8, 4) is 11.5 Å². The van der Waals surface area contributed by atoms with Crippen molar-refractivity contribution in [3.63, 3.8) is 0 Å². The minimum Gasteiger partial charge on any atom is -0.506 e. The number of rotatable bonds is 10. The normalized spacial score (nSPS) is 13.9. The molecular formula is C40H26CrN6Na5O20S4+5. The van der Waals surface area contributed by atoms with E-state index in [4.69, 9.17) is 0 Å². The van der Waals surface area contributed by atoms with Crippen LogP contribution in [0, 0.1) is 20.2 Å². The molecule has 2 aliphatic rings. The molecule has 8 N–H and O–H groups in total. The Kier molecular flexibility index (Phi) is 25.8. The maximum atomic E-state index is 12.6. The zero-order valence-electron chi connectivity index (χ0n) is 39.6. The number of carbonyl (C=O) groups excluding carboxylic acids is 2. The van der Waals surface area contributed by atoms with E-state index >= 15 is 0 Å². The molecule has 0 saturated heterocycles. The number of nitro groups is 2. The third-order valence-corrected chi connectivity index (χ3v) is 13.6. The summed E-state index contributed by atoms with van der Waals surface area (Å²) in [5.74, 6) is -2.61. The van der Waals surface area contributed by atoms with Gasteiger partial charge in [-0.25, -0.2) is 0 Å². The van der Waals surface area contributed by atoms with Gasteiger partial charge < -0.3 is 10.2 Å². The molecule has 0 radical (unpaired) electrons. The van der Waals surface area contributed by atoms with Gasteiger partial charge in [0.05, 0.1) is 19.6 Å². The number of allylic oxidation sites excluding steroid dienone is 2. The van der Waals surface area contributed by atoms with Crippen LogP contribution < -0.4 is 159 Å². The van der Waals surface area contributed by atoms with E-state index in [0.29, 0.717) is 12.2 Å². The van der Waals surface area contributed by atoms with Gasteiger partial charge in [0.25, 0.3) is 51.8 Å². The Labute approximate surface area is 550 Å². The van der Waals surface area contributed by atoms with Gasteiger partial charge in [-0.05, 0) is 59.3 Å². The molecule has 0 fully saturated rings. The van der Waals surface area contributed by atoms with Crippen LogP contribution in [-0.4, -0.2) is 94.9 Å². The van der Waals surface area contributed by atoms with Crippen LogP contribution in [0.3, 0.4) is 0 Å². The number of benzene rings is 6. The second-order valence-corrected chi connectivity index (χ2v) is 20.1. The number of phenolic OH excluding ortho intramolecular Hbond substituents is 2. The molecule has 2 aliphatic carbocycles. The standard InChI is InChI=1S/2C20H13N3O10S2.Cr.5Na/c2*24-16-6-1-10-7-12(34(28,29)30)3-5-13(10)19(16)21-22-20-14-4-2-11(23(26)27)8-15(14)18(9-17(20)25)35(31,32)33;;;;;;/h2*1-9,21,24H,(H,28,29,30)(H,31,32,33);;;;;;/q;;;5*+1/b22-20-;;;;;;;. The molecule has 26 nitrogen and oxygen atoms in total. The molecule has 0 aromatic heterocycles. The van der Waals surface area contributed by atoms with Gasteiger partial charge in [0.1, 0.15) is 44.1 Å². The number of fused-ring (bicyclic) bond motifs is 4. The predicted octanol–water partition coefficient (Wildman–Crippen LogP) is -10.3. The van der Waals surface area contributed by atoms with Crippen LogP contribution >= 0.6 is 0 Å². The number of nitro benzene ring substituents is 2. The van der Waals surface area contributed by atoms with Gasteiger partial charge in [0, 0.05) is 86.8 Å². The van der Waals surface area contributed by atoms with E-state index in [2.05, 4.69) is 21.1 Å². The van der Waals surface area contributed by atoms with Crippen LogP contribution in [0.25, 0.3) is 31.4 Å². The van der Waals surface area contributed by atoms with E-state index < -0.39 is 92.9 Å². The molecule has 0 saturated carbocycles. The third kappa shape index (κ3) is 15.7. The Morgan fingerprint density at radius 2 is 0.776 bits per heavy atom. The van der Waals surface area contributed by atoms with Crippen LogP contribution in [0.2, 0.25) is 0 Å². The number of carbonyl (C=O) groups is 2. The van der Waals surface area contributed by atoms with Gasteiger partial charge in [0.15, 0.2) is 0 Å². The van der Waals surface area contributed by atoms with Crippen molar-refractivity contribution in [2.75, 3.05) is 10.9 Å². The minimum absolute atomic E-state index is 0. The molecule has 0 atom stereocenters. The molecule has 6 aromatic carbocycles. The average molecular weight is 1210 g/mol. The van der Waals surface area contributed by atoms with E-state index in [1.807, 2.05) is 0 Å². The summed E-state index contributed by atoms with van der Waals surface area (Å²) in [6.07, 6.45) is 1.12. The molecule has 0 amide bonds. The van der Waals surface area contributed by atoms with Gasteiger partial charge in [0.2, 0.25) is 11.6 Å². The number of nitrogens with one attached hydrogen (secondary N) is 2. The van der Waals surface area contributed by atoms with Crippen LogP contribution in [-0.2, 0) is 67.4 Å². The average Bonchev–Trinajstić information content (AvgIpc) is 3.27. The summed E-state index contributed by atoms with van der Waals surface area (Å²) in [5.41, 5.74) is 2.13. The summed E-state index contributed by atoms with van der Waals surface area (Å²) < 4.78 is 130. The first-order valence-electron chi connectivity index (χ1n) is 18.7. The molecule has 366 valence electrons. The molecule has 36 heteroatoms. The van der Waals surface area contributed by atoms with E-state index in [0.717, 1.165) is 60.7 Å². The third-order valence-electron chi connectivity index (χ3n) is 10.1. The van der Waals surface area contributed by atoms with E-state index in [1.165, 1.54) is 36.4 Å². The van der Waals surface area contributed by atoms with Gasteiger partial charge in [-0.1, -0.05) is 24.3 Å². The molecule has 0 bridgehead atoms. The summed E-state index contributed by atoms with van der Waals surface area (Å²) in [5, 5.41) is 51.8. The second kappa shape index (κ2) is 27.6. The van der Waals surface area contributed by atoms with Crippen LogP contribution in [0.1, 0.15) is 22.3 Å². The Bertz CT molecular complexity index is 3740. The number of aromatic hydroxyl groups is 2. The molecule has 0 aliphatic heterocycles. The monoisotopic (exact) mass is 1200 g/mol. The SMILES string of the molecule is O=C1C=C(S(=O)(=O)O)c2cc([N+](=O)[O-])ccc2/C1=N/Nc1c(O)ccc2cc(S(=O)(=O)O)ccc12.O=C1C=C(S(=O)(=O)O)c2cc([N+](=O)[O-])ccc2C1=NNc1c(O)ccc2cc(S(=O)(=O)O)ccc12.[Cr].[Na+].[Na+].[Na+].[Na+].[Na+]. The second-order valence-electron chi connectivity index (χ2n) is 14.4. The number of anilines is 2. The first-order valence-corrected chi connectivity index (χ1v) is 24.5. The van der Waals surface area contributed by atoms with Gasteiger partial charge >= 0.3 is 148 Å². The summed E-state index contributed by atoms with van der Waals surface area (Å²) >= 11 is 0. The molecule has 6 aromatic rings. The fourth-order valence-corrected chi connectivity index (χ4v) is 9.38. The number of nitrogens with zero attached hydrogens (tertiary/aromatic N) is 4. The Balaban J connectivity index is 0.000000704. The molecule has 0 unspecified atom stereocenters. The number of ketones is 2. The predicted molar refractivity (Wildman–Crippen MR) is 246 cm³/mol. The van der Waals surface area contributed by atoms with Crippen molar-refractivity contribution in [2.45, 2.75) is 9.79 Å². The number of hydrazone groups is 2. The van der Waals surface area contributed by atoms with Crippen molar-refractivity contribution in [1.29, 1.82) is 0 Å². The maximum Gasteiger partial charge on any atom is 1.00 e. The number of hydrogen-bond donors (Lipinski definition) is 8. The van der Waals surface area contributed by atoms with Crippen molar-refractivity contribution < 1.29 is 247 Å². The van der Waals surface area contributed by atoms with Crippen molar-refractivity contribution in [3.05, 3.63) is 152 Å². The van der Waals surface area contributed by atoms with Gasteiger partial charge in [-0.2, -0.15) is 43.9 Å². The Morgan fingerprint density at radius 1 is 0.447 bits per heavy atom. The van der Waals surface area contributed by atoms with Gasteiger partial charge in [-0.15, -0.1) is 0 Å². The van der Waals surface area contributed by atoms with Crippen molar-refractivity contribution >= 4 is 118 Å². The molecule has 8 rings (SSSR count). The maximum absolute atomic E-state index is 12.6. The molecular weight excluding hydrogens is 1180 g/mol. The number of non-ortho nitro benzene ring substituents is 2. The summed E-state index contributed by atoms with van der Waals surface area (Å²) in [6, 6.07) is 18.1. The molecule has 0 heterocycles. The minimum atomic E-state index is -4.92. The largest absolute Gasteiger partial charge is 1.00 e. The molecule has 0 spiro atoms. The van der Waals surface area contributed by atoms with E-state index in [9.17, 15) is 91.9 Å². The first kappa shape index (κ1) is 71.2. The molecule has 76 heavy (non-hydrogen) atoms. The van der Waals surface area contributed by atoms with Crippen LogP contribution in [0.5, 0.6) is 11.5 Å². The van der Waals surface area contributed by atoms with Crippen molar-refractivity contribution in [2.24, 2.45) is 10.2 Å². The Morgan fingerprint density at radius 3 is 1.07 bits per heavy atom. The fourth-order valence-electron chi connectivity index (χ4n) is 6.94. The van der Waals surface area contributed by atoms with E-state index in [1.54, 1.807) is 0 Å². The Hall–Kier alpha value is -2.83. The topological polar surface area (TPSA) is 427 Å². The fraction of sp³-hybridized carbons (Fsp3) is 0. The summed E-state index contributed by atoms with van der Waals surface area (Å²) in [6.45, 7) is 0. The van der Waals surface area contributed by atoms with Crippen LogP contribution in [0.15, 0.2) is 129 Å². The quantitative estimate of drug-likeness (QED) is 0.0208. The zero-order chi connectivity index (χ0) is 51.4. The van der Waals surface area contributed by atoms with E-state index in [-0.39, 0.29) is 243 Å². The number of phenols is 2. The summed E-state index contributed by atoms with van der Waals surface area (Å²) in [7, 11) is -18.8. The van der Waals surface area contributed by atoms with Crippen molar-refractivity contribution in [1.82, 2.24) is 0 Å². The first-order chi connectivity index (χ1) is 32.5. The zero-order valence-corrected chi connectivity index (χ0v) is 54.2. The van der Waals surface area contributed by atoms with Crippen LogP contribution in [0.4, 0.5) is 22.7 Å². The summed E-state index contributed by atoms with van der Waals surface area (Å²) in [4.78, 5) is 43.5.